The van der Waals surface area contributed by atoms with Crippen LogP contribution in [0.5, 0.6) is 0 Å². The minimum atomic E-state index is -1.97. The van der Waals surface area contributed by atoms with Crippen LogP contribution < -0.4 is 0 Å². The van der Waals surface area contributed by atoms with E-state index >= 15 is 0 Å². The van der Waals surface area contributed by atoms with Gasteiger partial charge in [-0.1, -0.05) is 92.5 Å². The number of fused-ring (bicyclic) bond motifs is 1. The number of rotatable bonds is 12. The molecule has 0 aromatic rings. The fourth-order valence-electron chi connectivity index (χ4n) is 8.91. The molecule has 0 amide bonds. The first-order chi connectivity index (χ1) is 21.6. The number of allylic oxidation sites excluding steroid dienone is 3. The van der Waals surface area contributed by atoms with Gasteiger partial charge in [-0.25, -0.2) is 0 Å². The fraction of sp³-hybridized carbons (Fsp3) is 0.857. The van der Waals surface area contributed by atoms with Gasteiger partial charge >= 0.3 is 0 Å². The monoisotopic (exact) mass is 717 g/mol. The molecule has 278 valence electrons. The van der Waals surface area contributed by atoms with Gasteiger partial charge in [0.15, 0.2) is 25.0 Å². The molecule has 0 aromatic heterocycles. The lowest BCUT2D eigenvalue weighted by Gasteiger charge is -2.46. The van der Waals surface area contributed by atoms with Gasteiger partial charge < -0.3 is 13.3 Å². The molecule has 0 heterocycles. The molecule has 3 aliphatic carbocycles. The molecule has 3 rings (SSSR count). The molecule has 0 bridgehead atoms. The predicted molar refractivity (Wildman–Crippen MR) is 218 cm³/mol. The first kappa shape index (κ1) is 42.2. The Hall–Kier alpha value is -0.249. The Morgan fingerprint density at radius 2 is 1.46 bits per heavy atom. The summed E-state index contributed by atoms with van der Waals surface area (Å²) in [4.78, 5) is 0. The summed E-state index contributed by atoms with van der Waals surface area (Å²) in [7, 11) is -5.43. The van der Waals surface area contributed by atoms with E-state index in [1.54, 1.807) is 5.57 Å². The van der Waals surface area contributed by atoms with Crippen molar-refractivity contribution < 1.29 is 13.3 Å². The smallest absolute Gasteiger partial charge is 0.192 e. The van der Waals surface area contributed by atoms with E-state index in [-0.39, 0.29) is 27.9 Å². The molecule has 3 nitrogen and oxygen atoms in total. The summed E-state index contributed by atoms with van der Waals surface area (Å²) in [5.74, 6) is 2.28. The standard InChI is InChI=1S/C42H80O3Si3/c1-31(21-19-27-41(9,10)45-46(12,13)14)36-25-26-37-33(22-20-28-42(36,37)11)23-24-34-29-35(43-47(15,16)39(3,4)5)30-38(32(34)2)44-48(17,18)40(6,7)8/h23-24,31,35-38H,2,19-22,25-30H2,1,3-18H3/b33-23+,34-24-/t31-,35-,36+,37+,38+,42-/m1/s1. The molecule has 48 heavy (non-hydrogen) atoms. The quantitative estimate of drug-likeness (QED) is 0.188. The van der Waals surface area contributed by atoms with Crippen molar-refractivity contribution in [3.63, 3.8) is 0 Å². The zero-order valence-electron chi connectivity index (χ0n) is 35.0. The summed E-state index contributed by atoms with van der Waals surface area (Å²) < 4.78 is 20.8. The van der Waals surface area contributed by atoms with Crippen LogP contribution in [0, 0.1) is 23.2 Å². The van der Waals surface area contributed by atoms with Crippen LogP contribution >= 0.6 is 0 Å². The van der Waals surface area contributed by atoms with Gasteiger partial charge in [-0.2, -0.15) is 0 Å². The average Bonchev–Trinajstić information content (AvgIpc) is 3.24. The maximum atomic E-state index is 7.12. The van der Waals surface area contributed by atoms with Crippen molar-refractivity contribution in [2.75, 3.05) is 0 Å². The molecule has 0 radical (unpaired) electrons. The predicted octanol–water partition coefficient (Wildman–Crippen LogP) is 13.6. The van der Waals surface area contributed by atoms with Gasteiger partial charge in [0.2, 0.25) is 0 Å². The second-order valence-corrected chi connectivity index (χ2v) is 35.1. The third-order valence-electron chi connectivity index (χ3n) is 13.5. The van der Waals surface area contributed by atoms with Crippen LogP contribution in [0.15, 0.2) is 35.5 Å². The van der Waals surface area contributed by atoms with Crippen LogP contribution in [0.25, 0.3) is 0 Å². The van der Waals surface area contributed by atoms with Crippen LogP contribution in [0.1, 0.15) is 133 Å². The molecule has 0 unspecified atom stereocenters. The molecule has 0 aliphatic heterocycles. The van der Waals surface area contributed by atoms with Crippen molar-refractivity contribution in [3.8, 4) is 0 Å². The highest BCUT2D eigenvalue weighted by molar-refractivity contribution is 6.74. The van der Waals surface area contributed by atoms with Gasteiger partial charge in [-0.05, 0) is 149 Å². The largest absolute Gasteiger partial charge is 0.413 e. The summed E-state index contributed by atoms with van der Waals surface area (Å²) in [6.07, 6.45) is 17.5. The highest BCUT2D eigenvalue weighted by atomic mass is 28.4. The van der Waals surface area contributed by atoms with Crippen molar-refractivity contribution in [1.29, 1.82) is 0 Å². The molecule has 3 fully saturated rings. The third-order valence-corrected chi connectivity index (χ3v) is 23.7. The lowest BCUT2D eigenvalue weighted by atomic mass is 9.60. The molecule has 0 N–H and O–H groups in total. The molecule has 0 saturated heterocycles. The van der Waals surface area contributed by atoms with Gasteiger partial charge in [-0.3, -0.25) is 0 Å². The van der Waals surface area contributed by atoms with Crippen LogP contribution in [0.2, 0.25) is 55.9 Å². The van der Waals surface area contributed by atoms with Gasteiger partial charge in [0.05, 0.1) is 17.8 Å². The van der Waals surface area contributed by atoms with Gasteiger partial charge in [0.25, 0.3) is 0 Å². The van der Waals surface area contributed by atoms with Gasteiger partial charge in [0.1, 0.15) is 0 Å². The van der Waals surface area contributed by atoms with Crippen LogP contribution in [-0.4, -0.2) is 42.8 Å². The summed E-state index contributed by atoms with van der Waals surface area (Å²) in [6, 6.07) is 0. The highest BCUT2D eigenvalue weighted by Crippen LogP contribution is 2.60. The Bertz CT molecular complexity index is 1180. The fourth-order valence-corrected chi connectivity index (χ4v) is 13.3. The molecule has 6 heteroatoms. The van der Waals surface area contributed by atoms with Crippen molar-refractivity contribution in [3.05, 3.63) is 35.5 Å². The summed E-state index contributed by atoms with van der Waals surface area (Å²) >= 11 is 0. The Kier molecular flexibility index (Phi) is 13.2. The summed E-state index contributed by atoms with van der Waals surface area (Å²) in [5, 5.41) is 0.344. The molecule has 0 aromatic carbocycles. The maximum absolute atomic E-state index is 7.12. The SMILES string of the molecule is C=C1/C(=C\C=C2/CCC[C@@]3(C)[C@H]2CC[C@H]3[C@H](C)CCCC(C)(C)O[Si](C)(C)C)C[C@@H](O[Si](C)(C)C(C)(C)C)C[C@@H]1O[Si](C)(C)C(C)(C)C. The molecule has 3 aliphatic rings. The topological polar surface area (TPSA) is 27.7 Å². The highest BCUT2D eigenvalue weighted by Gasteiger charge is 2.51. The molecule has 3 saturated carbocycles. The third kappa shape index (κ3) is 10.4. The van der Waals surface area contributed by atoms with Crippen LogP contribution in [0.4, 0.5) is 0 Å². The van der Waals surface area contributed by atoms with Crippen molar-refractivity contribution in [2.24, 2.45) is 23.2 Å². The van der Waals surface area contributed by atoms with Crippen LogP contribution in [-0.2, 0) is 13.3 Å². The van der Waals surface area contributed by atoms with E-state index in [9.17, 15) is 0 Å². The lowest BCUT2D eigenvalue weighted by Crippen LogP contribution is -2.49. The normalized spacial score (nSPS) is 30.6. The zero-order chi connectivity index (χ0) is 36.7. The van der Waals surface area contributed by atoms with Crippen molar-refractivity contribution >= 4 is 25.0 Å². The summed E-state index contributed by atoms with van der Waals surface area (Å²) in [6.45, 7) is 45.1. The van der Waals surface area contributed by atoms with E-state index in [2.05, 4.69) is 127 Å². The first-order valence-electron chi connectivity index (χ1n) is 19.7. The van der Waals surface area contributed by atoms with E-state index in [0.717, 1.165) is 31.1 Å². The maximum Gasteiger partial charge on any atom is 0.192 e. The second kappa shape index (κ2) is 15.0. The van der Waals surface area contributed by atoms with Crippen molar-refractivity contribution in [2.45, 2.75) is 207 Å². The van der Waals surface area contributed by atoms with Crippen molar-refractivity contribution in [1.82, 2.24) is 0 Å². The average molecular weight is 717 g/mol. The Balaban J connectivity index is 1.81. The molecular weight excluding hydrogens is 637 g/mol. The first-order valence-corrected chi connectivity index (χ1v) is 29.0. The van der Waals surface area contributed by atoms with Gasteiger partial charge in [0, 0.05) is 6.42 Å². The van der Waals surface area contributed by atoms with E-state index in [4.69, 9.17) is 19.9 Å². The zero-order valence-corrected chi connectivity index (χ0v) is 38.0. The van der Waals surface area contributed by atoms with Crippen LogP contribution in [0.3, 0.4) is 0 Å². The van der Waals surface area contributed by atoms with Gasteiger partial charge in [-0.15, -0.1) is 0 Å². The Morgan fingerprint density at radius 3 is 2.02 bits per heavy atom. The number of hydrogen-bond donors (Lipinski definition) is 0. The second-order valence-electron chi connectivity index (χ2n) is 21.2. The van der Waals surface area contributed by atoms with E-state index in [0.29, 0.717) is 11.3 Å². The van der Waals surface area contributed by atoms with E-state index in [1.807, 2.05) is 0 Å². The minimum Gasteiger partial charge on any atom is -0.413 e. The van der Waals surface area contributed by atoms with E-state index in [1.165, 1.54) is 56.1 Å². The minimum absolute atomic E-state index is 0.00680. The lowest BCUT2D eigenvalue weighted by molar-refractivity contribution is 0.0735. The molecule has 6 atom stereocenters. The number of hydrogen-bond acceptors (Lipinski definition) is 3. The summed E-state index contributed by atoms with van der Waals surface area (Å²) in [5.41, 5.74) is 4.66. The van der Waals surface area contributed by atoms with E-state index < -0.39 is 25.0 Å². The Morgan fingerprint density at radius 1 is 0.875 bits per heavy atom. The molecule has 0 spiro atoms. The Labute approximate surface area is 302 Å². The molecular formula is C42H80O3Si3.